The average Bonchev–Trinajstić information content (AvgIpc) is 2.73. The third-order valence-corrected chi connectivity index (χ3v) is 3.61. The molecule has 0 atom stereocenters. The predicted molar refractivity (Wildman–Crippen MR) is 74.1 cm³/mol. The lowest BCUT2D eigenvalue weighted by atomic mass is 9.91. The van der Waals surface area contributed by atoms with Crippen molar-refractivity contribution < 1.29 is 14.7 Å². The van der Waals surface area contributed by atoms with E-state index in [2.05, 4.69) is 31.4 Å². The Balaban J connectivity index is 2.32. The smallest absolute Gasteiger partial charge is 0.329 e. The Bertz CT molecular complexity index is 328. The van der Waals surface area contributed by atoms with Crippen LogP contribution in [0.1, 0.15) is 59.3 Å². The summed E-state index contributed by atoms with van der Waals surface area (Å²) in [6.07, 6.45) is 4.69. The Morgan fingerprint density at radius 3 is 2.26 bits per heavy atom. The zero-order valence-corrected chi connectivity index (χ0v) is 12.2. The normalized spacial score (nSPS) is 18.1. The Kier molecular flexibility index (Phi) is 5.20. The van der Waals surface area contributed by atoms with Crippen molar-refractivity contribution in [2.75, 3.05) is 6.54 Å². The van der Waals surface area contributed by atoms with Gasteiger partial charge in [0.2, 0.25) is 0 Å². The molecule has 0 heterocycles. The van der Waals surface area contributed by atoms with Gasteiger partial charge in [0.25, 0.3) is 0 Å². The van der Waals surface area contributed by atoms with Crippen molar-refractivity contribution in [3.8, 4) is 0 Å². The van der Waals surface area contributed by atoms with Gasteiger partial charge in [-0.1, -0.05) is 33.6 Å². The van der Waals surface area contributed by atoms with E-state index in [0.717, 1.165) is 25.7 Å². The topological polar surface area (TPSA) is 78.4 Å². The molecule has 19 heavy (non-hydrogen) atoms. The highest BCUT2D eigenvalue weighted by molar-refractivity contribution is 5.86. The van der Waals surface area contributed by atoms with Gasteiger partial charge in [-0.15, -0.1) is 0 Å². The summed E-state index contributed by atoms with van der Waals surface area (Å²) in [6.45, 7) is 7.06. The average molecular weight is 270 g/mol. The highest BCUT2D eigenvalue weighted by Crippen LogP contribution is 2.29. The second kappa shape index (κ2) is 6.26. The highest BCUT2D eigenvalue weighted by Gasteiger charge is 2.42. The van der Waals surface area contributed by atoms with E-state index in [-0.39, 0.29) is 11.4 Å². The molecule has 0 aromatic heterocycles. The van der Waals surface area contributed by atoms with Crippen LogP contribution < -0.4 is 10.6 Å². The van der Waals surface area contributed by atoms with E-state index in [4.69, 9.17) is 0 Å². The fourth-order valence-electron chi connectivity index (χ4n) is 2.45. The van der Waals surface area contributed by atoms with E-state index in [1.54, 1.807) is 0 Å². The van der Waals surface area contributed by atoms with Crippen LogP contribution in [0.15, 0.2) is 0 Å². The molecule has 0 unspecified atom stereocenters. The molecule has 1 fully saturated rings. The maximum atomic E-state index is 11.7. The molecule has 5 nitrogen and oxygen atoms in total. The Morgan fingerprint density at radius 1 is 1.21 bits per heavy atom. The molecule has 1 saturated carbocycles. The third-order valence-electron chi connectivity index (χ3n) is 3.61. The number of carbonyl (C=O) groups excluding carboxylic acids is 1. The molecule has 0 bridgehead atoms. The lowest BCUT2D eigenvalue weighted by Crippen LogP contribution is -2.55. The van der Waals surface area contributed by atoms with Crippen LogP contribution >= 0.6 is 0 Å². The largest absolute Gasteiger partial charge is 0.480 e. The standard InChI is InChI=1S/C14H26N2O3/c1-13(2,3)7-6-10-15-12(19)16-14(11(17)18)8-4-5-9-14/h4-10H2,1-3H3,(H,17,18)(H2,15,16,19). The SMILES string of the molecule is CC(C)(C)CCCNC(=O)NC1(C(=O)O)CCCC1. The van der Waals surface area contributed by atoms with Crippen molar-refractivity contribution in [2.45, 2.75) is 64.8 Å². The summed E-state index contributed by atoms with van der Waals surface area (Å²) in [5.74, 6) is -0.921. The van der Waals surface area contributed by atoms with Gasteiger partial charge >= 0.3 is 12.0 Å². The van der Waals surface area contributed by atoms with Crippen LogP contribution in [0, 0.1) is 5.41 Å². The van der Waals surface area contributed by atoms with Crippen LogP contribution in [-0.2, 0) is 4.79 Å². The van der Waals surface area contributed by atoms with Gasteiger partial charge < -0.3 is 15.7 Å². The van der Waals surface area contributed by atoms with Gasteiger partial charge in [0, 0.05) is 6.54 Å². The summed E-state index contributed by atoms with van der Waals surface area (Å²) in [7, 11) is 0. The number of carboxylic acid groups (broad SMARTS) is 1. The lowest BCUT2D eigenvalue weighted by Gasteiger charge is -2.25. The van der Waals surface area contributed by atoms with E-state index in [1.807, 2.05) is 0 Å². The van der Waals surface area contributed by atoms with Crippen molar-refractivity contribution in [2.24, 2.45) is 5.41 Å². The van der Waals surface area contributed by atoms with Gasteiger partial charge in [-0.3, -0.25) is 0 Å². The van der Waals surface area contributed by atoms with Crippen molar-refractivity contribution in [1.82, 2.24) is 10.6 Å². The minimum atomic E-state index is -1.05. The van der Waals surface area contributed by atoms with E-state index >= 15 is 0 Å². The van der Waals surface area contributed by atoms with Gasteiger partial charge in [0.15, 0.2) is 0 Å². The Hall–Kier alpha value is -1.26. The monoisotopic (exact) mass is 270 g/mol. The summed E-state index contributed by atoms with van der Waals surface area (Å²) in [5, 5.41) is 14.6. The second-order valence-electron chi connectivity index (χ2n) is 6.64. The van der Waals surface area contributed by atoms with Gasteiger partial charge in [0.05, 0.1) is 0 Å². The molecule has 2 amide bonds. The summed E-state index contributed by atoms with van der Waals surface area (Å²) < 4.78 is 0. The minimum absolute atomic E-state index is 0.256. The summed E-state index contributed by atoms with van der Waals surface area (Å²) in [5.41, 5.74) is -0.792. The quantitative estimate of drug-likeness (QED) is 0.672. The van der Waals surface area contributed by atoms with Crippen molar-refractivity contribution in [3.05, 3.63) is 0 Å². The van der Waals surface area contributed by atoms with Crippen LogP contribution in [0.3, 0.4) is 0 Å². The Morgan fingerprint density at radius 2 is 1.79 bits per heavy atom. The first-order valence-electron chi connectivity index (χ1n) is 7.05. The molecule has 110 valence electrons. The minimum Gasteiger partial charge on any atom is -0.480 e. The van der Waals surface area contributed by atoms with Crippen LogP contribution in [0.5, 0.6) is 0 Å². The number of rotatable bonds is 5. The number of carboxylic acids is 1. The van der Waals surface area contributed by atoms with Crippen molar-refractivity contribution >= 4 is 12.0 Å². The predicted octanol–water partition coefficient (Wildman–Crippen LogP) is 2.51. The second-order valence-corrected chi connectivity index (χ2v) is 6.64. The van der Waals surface area contributed by atoms with Crippen LogP contribution in [0.4, 0.5) is 4.79 Å². The molecule has 1 aliphatic carbocycles. The number of nitrogens with one attached hydrogen (secondary N) is 2. The molecule has 3 N–H and O–H groups in total. The van der Waals surface area contributed by atoms with E-state index < -0.39 is 11.5 Å². The van der Waals surface area contributed by atoms with Gasteiger partial charge in [-0.25, -0.2) is 9.59 Å². The van der Waals surface area contributed by atoms with Crippen molar-refractivity contribution in [1.29, 1.82) is 0 Å². The van der Waals surface area contributed by atoms with E-state index in [0.29, 0.717) is 19.4 Å². The zero-order chi connectivity index (χ0) is 14.5. The van der Waals surface area contributed by atoms with Crippen LogP contribution in [0.25, 0.3) is 0 Å². The molecule has 0 aromatic rings. The molecule has 0 radical (unpaired) electrons. The maximum Gasteiger partial charge on any atom is 0.329 e. The van der Waals surface area contributed by atoms with E-state index in [1.165, 1.54) is 0 Å². The molecule has 0 aliphatic heterocycles. The maximum absolute atomic E-state index is 11.7. The molecule has 1 aliphatic rings. The molecule has 0 aromatic carbocycles. The summed E-state index contributed by atoms with van der Waals surface area (Å²) in [4.78, 5) is 23.0. The first kappa shape index (κ1) is 15.8. The Labute approximate surface area is 115 Å². The first-order chi connectivity index (χ1) is 8.75. The number of hydrogen-bond donors (Lipinski definition) is 3. The molecule has 5 heteroatoms. The van der Waals surface area contributed by atoms with Crippen molar-refractivity contribution in [3.63, 3.8) is 0 Å². The fraction of sp³-hybridized carbons (Fsp3) is 0.857. The molecule has 1 rings (SSSR count). The molecular formula is C14H26N2O3. The van der Waals surface area contributed by atoms with Crippen LogP contribution in [0.2, 0.25) is 0 Å². The molecule has 0 spiro atoms. The fourth-order valence-corrected chi connectivity index (χ4v) is 2.45. The zero-order valence-electron chi connectivity index (χ0n) is 12.2. The summed E-state index contributed by atoms with van der Waals surface area (Å²) in [6, 6.07) is -0.363. The number of amides is 2. The number of aliphatic carboxylic acids is 1. The number of hydrogen-bond acceptors (Lipinski definition) is 2. The summed E-state index contributed by atoms with van der Waals surface area (Å²) >= 11 is 0. The molecular weight excluding hydrogens is 244 g/mol. The van der Waals surface area contributed by atoms with Gasteiger partial charge in [-0.05, 0) is 31.1 Å². The highest BCUT2D eigenvalue weighted by atomic mass is 16.4. The van der Waals surface area contributed by atoms with E-state index in [9.17, 15) is 14.7 Å². The van der Waals surface area contributed by atoms with Gasteiger partial charge in [-0.2, -0.15) is 0 Å². The first-order valence-corrected chi connectivity index (χ1v) is 7.05. The lowest BCUT2D eigenvalue weighted by molar-refractivity contribution is -0.144. The number of carbonyl (C=O) groups is 2. The third kappa shape index (κ3) is 5.09. The van der Waals surface area contributed by atoms with Crippen LogP contribution in [-0.4, -0.2) is 29.2 Å². The van der Waals surface area contributed by atoms with Gasteiger partial charge in [0.1, 0.15) is 5.54 Å². The molecule has 0 saturated heterocycles. The number of urea groups is 1.